The first kappa shape index (κ1) is 20.1. The lowest BCUT2D eigenvalue weighted by molar-refractivity contribution is -0.122. The summed E-state index contributed by atoms with van der Waals surface area (Å²) in [7, 11) is -3.57. The van der Waals surface area contributed by atoms with Gasteiger partial charge in [-0.15, -0.1) is 5.10 Å². The maximum atomic E-state index is 12.8. The molecule has 0 aliphatic heterocycles. The first-order valence-electron chi connectivity index (χ1n) is 10.7. The Balaban J connectivity index is 1.31. The number of para-hydroxylation sites is 1. The number of aryl methyl sites for hydroxylation is 1. The van der Waals surface area contributed by atoms with Crippen molar-refractivity contribution in [2.75, 3.05) is 0 Å². The minimum Gasteiger partial charge on any atom is -0.348 e. The summed E-state index contributed by atoms with van der Waals surface area (Å²) in [5, 5.41) is 11.2. The Hall–Kier alpha value is -2.78. The highest BCUT2D eigenvalue weighted by Gasteiger charge is 2.28. The topological polar surface area (TPSA) is 106 Å². The molecule has 1 atom stereocenters. The first-order valence-corrected chi connectivity index (χ1v) is 12.2. The number of hydrogen-bond acceptors (Lipinski definition) is 5. The molecule has 1 saturated carbocycles. The van der Waals surface area contributed by atoms with Gasteiger partial charge in [0.05, 0.1) is 16.5 Å². The van der Waals surface area contributed by atoms with Crippen LogP contribution in [0.2, 0.25) is 0 Å². The molecule has 0 bridgehead atoms. The van der Waals surface area contributed by atoms with Crippen LogP contribution in [0.25, 0.3) is 11.0 Å². The predicted octanol–water partition coefficient (Wildman–Crippen LogP) is 2.46. The maximum Gasteiger partial charge on any atom is 0.242 e. The van der Waals surface area contributed by atoms with Crippen molar-refractivity contribution in [1.82, 2.24) is 25.0 Å². The predicted molar refractivity (Wildman–Crippen MR) is 116 cm³/mol. The van der Waals surface area contributed by atoms with Gasteiger partial charge in [-0.1, -0.05) is 36.3 Å². The second kappa shape index (κ2) is 8.05. The molecular formula is C22H25N5O3S. The van der Waals surface area contributed by atoms with Crippen LogP contribution in [-0.2, 0) is 27.8 Å². The number of carbonyl (C=O) groups excluding carboxylic acids is 1. The quantitative estimate of drug-likeness (QED) is 0.614. The Kier molecular flexibility index (Phi) is 5.23. The third-order valence-corrected chi connectivity index (χ3v) is 7.75. The van der Waals surface area contributed by atoms with Gasteiger partial charge in [0.1, 0.15) is 12.1 Å². The molecule has 2 aliphatic carbocycles. The Morgan fingerprint density at radius 2 is 1.90 bits per heavy atom. The van der Waals surface area contributed by atoms with Crippen LogP contribution in [0.1, 0.15) is 49.3 Å². The summed E-state index contributed by atoms with van der Waals surface area (Å²) in [5.41, 5.74) is 3.50. The van der Waals surface area contributed by atoms with Gasteiger partial charge in [-0.25, -0.2) is 17.8 Å². The van der Waals surface area contributed by atoms with Crippen LogP contribution in [0.15, 0.2) is 47.4 Å². The number of aromatic nitrogens is 3. The molecule has 2 aromatic carbocycles. The van der Waals surface area contributed by atoms with E-state index in [0.717, 1.165) is 60.7 Å². The molecule has 8 nitrogen and oxygen atoms in total. The van der Waals surface area contributed by atoms with Gasteiger partial charge in [0.15, 0.2) is 0 Å². The van der Waals surface area contributed by atoms with E-state index in [2.05, 4.69) is 20.4 Å². The van der Waals surface area contributed by atoms with Gasteiger partial charge in [-0.3, -0.25) is 4.79 Å². The molecule has 5 rings (SSSR count). The Morgan fingerprint density at radius 1 is 1.10 bits per heavy atom. The molecule has 2 aliphatic rings. The molecule has 0 radical (unpaired) electrons. The number of nitrogens with zero attached hydrogens (tertiary/aromatic N) is 3. The number of benzene rings is 2. The Labute approximate surface area is 181 Å². The largest absolute Gasteiger partial charge is 0.348 e. The highest BCUT2D eigenvalue weighted by Crippen LogP contribution is 2.33. The molecule has 1 unspecified atom stereocenters. The van der Waals surface area contributed by atoms with Gasteiger partial charge in [0.2, 0.25) is 15.9 Å². The minimum absolute atomic E-state index is 0.0197. The number of amides is 1. The van der Waals surface area contributed by atoms with Gasteiger partial charge in [0, 0.05) is 6.04 Å². The van der Waals surface area contributed by atoms with Gasteiger partial charge in [-0.05, 0) is 61.1 Å². The third kappa shape index (κ3) is 4.07. The van der Waals surface area contributed by atoms with Crippen molar-refractivity contribution < 1.29 is 13.2 Å². The van der Waals surface area contributed by atoms with Gasteiger partial charge < -0.3 is 5.32 Å². The second-order valence-corrected chi connectivity index (χ2v) is 10.1. The van der Waals surface area contributed by atoms with E-state index in [0.29, 0.717) is 0 Å². The first-order chi connectivity index (χ1) is 15.0. The molecule has 31 heavy (non-hydrogen) atoms. The monoisotopic (exact) mass is 439 g/mol. The number of fused-ring (bicyclic) bond motifs is 2. The van der Waals surface area contributed by atoms with Gasteiger partial charge >= 0.3 is 0 Å². The Bertz CT molecular complexity index is 1230. The average Bonchev–Trinajstić information content (AvgIpc) is 3.49. The van der Waals surface area contributed by atoms with Crippen LogP contribution >= 0.6 is 0 Å². The molecule has 0 spiro atoms. The zero-order chi connectivity index (χ0) is 21.4. The van der Waals surface area contributed by atoms with Crippen molar-refractivity contribution in [2.45, 2.75) is 62.0 Å². The zero-order valence-corrected chi connectivity index (χ0v) is 17.9. The standard InChI is InChI=1S/C22H25N5O3S/c28-22(14-27-21-8-4-3-7-20(21)24-26-27)23-19-12-10-15-9-11-17(13-18(15)19)31(29,30)25-16-5-1-2-6-16/h3-4,7-9,11,13,16,19,25H,1-2,5-6,10,12,14H2,(H,23,28). The van der Waals surface area contributed by atoms with Crippen LogP contribution in [0, 0.1) is 0 Å². The molecule has 9 heteroatoms. The van der Waals surface area contributed by atoms with Crippen LogP contribution in [0.3, 0.4) is 0 Å². The minimum atomic E-state index is -3.57. The number of rotatable bonds is 6. The van der Waals surface area contributed by atoms with E-state index in [1.807, 2.05) is 30.3 Å². The zero-order valence-electron chi connectivity index (χ0n) is 17.1. The van der Waals surface area contributed by atoms with Gasteiger partial charge in [-0.2, -0.15) is 0 Å². The maximum absolute atomic E-state index is 12.8. The molecule has 1 heterocycles. The van der Waals surface area contributed by atoms with E-state index in [9.17, 15) is 13.2 Å². The van der Waals surface area contributed by atoms with Crippen LogP contribution in [0.5, 0.6) is 0 Å². The van der Waals surface area contributed by atoms with Crippen molar-refractivity contribution in [3.05, 3.63) is 53.6 Å². The van der Waals surface area contributed by atoms with Crippen LogP contribution < -0.4 is 10.0 Å². The van der Waals surface area contributed by atoms with Crippen molar-refractivity contribution in [1.29, 1.82) is 0 Å². The van der Waals surface area contributed by atoms with Crippen LogP contribution in [0.4, 0.5) is 0 Å². The number of nitrogens with one attached hydrogen (secondary N) is 2. The van der Waals surface area contributed by atoms with E-state index < -0.39 is 10.0 Å². The fourth-order valence-corrected chi connectivity index (χ4v) is 5.98. The van der Waals surface area contributed by atoms with Crippen molar-refractivity contribution in [3.63, 3.8) is 0 Å². The summed E-state index contributed by atoms with van der Waals surface area (Å²) in [6.45, 7) is 0.0631. The van der Waals surface area contributed by atoms with Gasteiger partial charge in [0.25, 0.3) is 0 Å². The lowest BCUT2D eigenvalue weighted by atomic mass is 10.1. The lowest BCUT2D eigenvalue weighted by Crippen LogP contribution is -2.33. The molecular weight excluding hydrogens is 414 g/mol. The van der Waals surface area contributed by atoms with Crippen molar-refractivity contribution in [3.8, 4) is 0 Å². The molecule has 162 valence electrons. The smallest absolute Gasteiger partial charge is 0.242 e. The molecule has 2 N–H and O–H groups in total. The summed E-state index contributed by atoms with van der Waals surface area (Å²) in [4.78, 5) is 13.0. The number of sulfonamides is 1. The Morgan fingerprint density at radius 3 is 2.74 bits per heavy atom. The summed E-state index contributed by atoms with van der Waals surface area (Å²) < 4.78 is 30.1. The van der Waals surface area contributed by atoms with E-state index in [1.54, 1.807) is 16.8 Å². The van der Waals surface area contributed by atoms with E-state index in [-0.39, 0.29) is 29.4 Å². The SMILES string of the molecule is O=C(Cn1nnc2ccccc21)NC1CCc2ccc(S(=O)(=O)NC3CCCC3)cc21. The molecule has 0 saturated heterocycles. The van der Waals surface area contributed by atoms with Crippen LogP contribution in [-0.4, -0.2) is 35.4 Å². The molecule has 1 amide bonds. The number of hydrogen-bond donors (Lipinski definition) is 2. The highest BCUT2D eigenvalue weighted by molar-refractivity contribution is 7.89. The third-order valence-electron chi connectivity index (χ3n) is 6.23. The molecule has 1 fully saturated rings. The molecule has 1 aromatic heterocycles. The average molecular weight is 440 g/mol. The van der Waals surface area contributed by atoms with E-state index in [4.69, 9.17) is 0 Å². The summed E-state index contributed by atoms with van der Waals surface area (Å²) in [6.07, 6.45) is 5.46. The fraction of sp³-hybridized carbons (Fsp3) is 0.409. The van der Waals surface area contributed by atoms with Crippen molar-refractivity contribution in [2.24, 2.45) is 0 Å². The van der Waals surface area contributed by atoms with E-state index in [1.165, 1.54) is 0 Å². The summed E-state index contributed by atoms with van der Waals surface area (Å²) in [6, 6.07) is 12.6. The number of carbonyl (C=O) groups is 1. The highest BCUT2D eigenvalue weighted by atomic mass is 32.2. The fourth-order valence-electron chi connectivity index (χ4n) is 4.64. The molecule has 3 aromatic rings. The normalized spacial score (nSPS) is 19.0. The summed E-state index contributed by atoms with van der Waals surface area (Å²) >= 11 is 0. The second-order valence-electron chi connectivity index (χ2n) is 8.36. The lowest BCUT2D eigenvalue weighted by Gasteiger charge is -2.17. The summed E-state index contributed by atoms with van der Waals surface area (Å²) in [5.74, 6) is -0.175. The van der Waals surface area contributed by atoms with Crippen molar-refractivity contribution >= 4 is 27.0 Å². The van der Waals surface area contributed by atoms with E-state index >= 15 is 0 Å².